The molecule has 32 heavy (non-hydrogen) atoms. The van der Waals surface area contributed by atoms with Crippen molar-refractivity contribution in [1.82, 2.24) is 10.3 Å². The van der Waals surface area contributed by atoms with Gasteiger partial charge in [0.2, 0.25) is 5.88 Å². The van der Waals surface area contributed by atoms with Crippen molar-refractivity contribution in [1.29, 1.82) is 0 Å². The van der Waals surface area contributed by atoms with Crippen LogP contribution >= 0.6 is 11.6 Å². The molecule has 0 saturated heterocycles. The highest BCUT2D eigenvalue weighted by Crippen LogP contribution is 2.33. The number of fused-ring (bicyclic) bond motifs is 1. The van der Waals surface area contributed by atoms with Crippen molar-refractivity contribution < 1.29 is 23.1 Å². The third kappa shape index (κ3) is 4.50. The Labute approximate surface area is 185 Å². The number of halogens is 3. The first kappa shape index (κ1) is 21.2. The second-order valence-electron chi connectivity index (χ2n) is 6.58. The molecule has 3 aromatic carbocycles. The molecule has 0 aliphatic heterocycles. The molecule has 1 aromatic heterocycles. The largest absolute Gasteiger partial charge is 0.438 e. The smallest absolute Gasteiger partial charge is 0.326 e. The van der Waals surface area contributed by atoms with Crippen LogP contribution in [0, 0.1) is 11.6 Å². The molecule has 6 nitrogen and oxygen atoms in total. The van der Waals surface area contributed by atoms with Crippen LogP contribution in [-0.2, 0) is 0 Å². The van der Waals surface area contributed by atoms with Crippen LogP contribution in [0.5, 0.6) is 11.6 Å². The van der Waals surface area contributed by atoms with Crippen LogP contribution in [0.15, 0.2) is 72.9 Å². The monoisotopic (exact) mass is 453 g/mol. The minimum Gasteiger partial charge on any atom is -0.438 e. The van der Waals surface area contributed by atoms with Crippen LogP contribution < -0.4 is 15.4 Å². The lowest BCUT2D eigenvalue weighted by molar-refractivity contribution is 0.0959. The molecular formula is C23H14ClF2N3O3. The van der Waals surface area contributed by atoms with Gasteiger partial charge in [0.25, 0.3) is 5.91 Å². The topological polar surface area (TPSA) is 80.3 Å². The molecular weight excluding hydrogens is 440 g/mol. The lowest BCUT2D eigenvalue weighted by Crippen LogP contribution is -2.35. The van der Waals surface area contributed by atoms with Gasteiger partial charge in [0.15, 0.2) is 0 Å². The number of benzene rings is 3. The van der Waals surface area contributed by atoms with Crippen molar-refractivity contribution in [3.05, 3.63) is 95.1 Å². The zero-order valence-electron chi connectivity index (χ0n) is 16.2. The molecule has 0 saturated carbocycles. The molecule has 0 radical (unpaired) electrons. The van der Waals surface area contributed by atoms with Crippen molar-refractivity contribution >= 4 is 40.0 Å². The Bertz CT molecular complexity index is 1310. The lowest BCUT2D eigenvalue weighted by Gasteiger charge is -2.10. The number of hydrogen-bond donors (Lipinski definition) is 2. The minimum atomic E-state index is -1.21. The number of urea groups is 1. The average molecular weight is 454 g/mol. The minimum absolute atomic E-state index is 0.234. The number of nitrogens with zero attached hydrogens (tertiary/aromatic N) is 1. The van der Waals surface area contributed by atoms with Crippen molar-refractivity contribution in [2.45, 2.75) is 0 Å². The summed E-state index contributed by atoms with van der Waals surface area (Å²) in [5.41, 5.74) is -0.614. The molecule has 0 spiro atoms. The van der Waals surface area contributed by atoms with E-state index in [1.807, 2.05) is 29.6 Å². The molecule has 4 aromatic rings. The van der Waals surface area contributed by atoms with E-state index in [0.717, 1.165) is 29.0 Å². The molecule has 0 atom stereocenters. The summed E-state index contributed by atoms with van der Waals surface area (Å²) in [6, 6.07) is 15.9. The van der Waals surface area contributed by atoms with Gasteiger partial charge >= 0.3 is 6.03 Å². The maximum atomic E-state index is 13.7. The van der Waals surface area contributed by atoms with Crippen LogP contribution in [0.3, 0.4) is 0 Å². The van der Waals surface area contributed by atoms with Crippen molar-refractivity contribution in [2.24, 2.45) is 0 Å². The van der Waals surface area contributed by atoms with Gasteiger partial charge in [-0.3, -0.25) is 10.1 Å². The number of anilines is 1. The van der Waals surface area contributed by atoms with Gasteiger partial charge in [-0.05, 0) is 30.3 Å². The predicted octanol–water partition coefficient (Wildman–Crippen LogP) is 5.92. The zero-order valence-corrected chi connectivity index (χ0v) is 17.0. The summed E-state index contributed by atoms with van der Waals surface area (Å²) < 4.78 is 33.1. The normalized spacial score (nSPS) is 10.6. The van der Waals surface area contributed by atoms with E-state index < -0.39 is 29.1 Å². The van der Waals surface area contributed by atoms with E-state index in [2.05, 4.69) is 10.3 Å². The number of hydrogen-bond acceptors (Lipinski definition) is 4. The Kier molecular flexibility index (Phi) is 5.96. The Hall–Kier alpha value is -4.04. The first-order valence-electron chi connectivity index (χ1n) is 9.30. The highest BCUT2D eigenvalue weighted by atomic mass is 35.5. The molecule has 0 aliphatic rings. The second-order valence-corrected chi connectivity index (χ2v) is 6.99. The first-order chi connectivity index (χ1) is 15.4. The van der Waals surface area contributed by atoms with Gasteiger partial charge in [-0.15, -0.1) is 0 Å². The van der Waals surface area contributed by atoms with Gasteiger partial charge in [0, 0.05) is 21.9 Å². The highest BCUT2D eigenvalue weighted by molar-refractivity contribution is 6.35. The summed E-state index contributed by atoms with van der Waals surface area (Å²) in [5.74, 6) is -2.55. The van der Waals surface area contributed by atoms with Gasteiger partial charge < -0.3 is 10.1 Å². The maximum Gasteiger partial charge on any atom is 0.326 e. The second kappa shape index (κ2) is 8.99. The average Bonchev–Trinajstić information content (AvgIpc) is 2.77. The molecule has 2 N–H and O–H groups in total. The molecule has 0 fully saturated rings. The number of aromatic nitrogens is 1. The Morgan fingerprint density at radius 3 is 2.28 bits per heavy atom. The number of carbonyl (C=O) groups excluding carboxylic acids is 2. The van der Waals surface area contributed by atoms with E-state index in [1.165, 1.54) is 18.3 Å². The predicted molar refractivity (Wildman–Crippen MR) is 116 cm³/mol. The maximum absolute atomic E-state index is 13.7. The SMILES string of the molecule is O=C(NC(=O)c1c(F)cccc1F)Nc1ccc(Oc2ccc(Cl)c3ccccc23)nc1. The van der Waals surface area contributed by atoms with Crippen LogP contribution in [-0.4, -0.2) is 16.9 Å². The van der Waals surface area contributed by atoms with Crippen LogP contribution in [0.25, 0.3) is 10.8 Å². The van der Waals surface area contributed by atoms with E-state index >= 15 is 0 Å². The Morgan fingerprint density at radius 1 is 0.875 bits per heavy atom. The first-order valence-corrected chi connectivity index (χ1v) is 9.67. The highest BCUT2D eigenvalue weighted by Gasteiger charge is 2.19. The lowest BCUT2D eigenvalue weighted by atomic mass is 10.1. The van der Waals surface area contributed by atoms with Crippen LogP contribution in [0.2, 0.25) is 5.02 Å². The summed E-state index contributed by atoms with van der Waals surface area (Å²) in [6.07, 6.45) is 1.31. The van der Waals surface area contributed by atoms with Crippen LogP contribution in [0.1, 0.15) is 10.4 Å². The number of amides is 3. The van der Waals surface area contributed by atoms with Gasteiger partial charge in [-0.25, -0.2) is 18.6 Å². The summed E-state index contributed by atoms with van der Waals surface area (Å²) in [7, 11) is 0. The number of pyridine rings is 1. The Morgan fingerprint density at radius 2 is 1.59 bits per heavy atom. The molecule has 1 heterocycles. The fraction of sp³-hybridized carbons (Fsp3) is 0. The van der Waals surface area contributed by atoms with E-state index in [0.29, 0.717) is 10.8 Å². The standard InChI is InChI=1S/C23H14ClF2N3O3/c24-16-9-10-19(15-5-2-1-4-14(15)16)32-20-11-8-13(12-27-20)28-23(31)29-22(30)21-17(25)6-3-7-18(21)26/h1-12H,(H2,28,29,30,31). The fourth-order valence-electron chi connectivity index (χ4n) is 2.99. The zero-order chi connectivity index (χ0) is 22.7. The molecule has 160 valence electrons. The summed E-state index contributed by atoms with van der Waals surface area (Å²) in [5, 5.41) is 6.46. The fourth-order valence-corrected chi connectivity index (χ4v) is 3.22. The van der Waals surface area contributed by atoms with Crippen molar-refractivity contribution in [3.63, 3.8) is 0 Å². The third-order valence-electron chi connectivity index (χ3n) is 4.46. The Balaban J connectivity index is 1.43. The van der Waals surface area contributed by atoms with E-state index in [4.69, 9.17) is 16.3 Å². The van der Waals surface area contributed by atoms with Crippen molar-refractivity contribution in [3.8, 4) is 11.6 Å². The number of rotatable bonds is 4. The number of ether oxygens (including phenoxy) is 1. The number of nitrogens with one attached hydrogen (secondary N) is 2. The molecule has 0 bridgehead atoms. The molecule has 4 rings (SSSR count). The van der Waals surface area contributed by atoms with E-state index in [-0.39, 0.29) is 11.6 Å². The summed E-state index contributed by atoms with van der Waals surface area (Å²) in [6.45, 7) is 0. The van der Waals surface area contributed by atoms with Gasteiger partial charge in [-0.1, -0.05) is 41.9 Å². The van der Waals surface area contributed by atoms with Crippen molar-refractivity contribution in [2.75, 3.05) is 5.32 Å². The van der Waals surface area contributed by atoms with Gasteiger partial charge in [0.1, 0.15) is 22.9 Å². The number of imide groups is 1. The summed E-state index contributed by atoms with van der Waals surface area (Å²) >= 11 is 6.21. The molecule has 3 amide bonds. The van der Waals surface area contributed by atoms with E-state index in [9.17, 15) is 18.4 Å². The third-order valence-corrected chi connectivity index (χ3v) is 4.79. The van der Waals surface area contributed by atoms with Gasteiger partial charge in [0.05, 0.1) is 11.9 Å². The quantitative estimate of drug-likeness (QED) is 0.402. The van der Waals surface area contributed by atoms with Gasteiger partial charge in [-0.2, -0.15) is 0 Å². The molecule has 0 unspecified atom stereocenters. The molecule has 9 heteroatoms. The van der Waals surface area contributed by atoms with Crippen LogP contribution in [0.4, 0.5) is 19.3 Å². The van der Waals surface area contributed by atoms with E-state index in [1.54, 1.807) is 12.1 Å². The molecule has 0 aliphatic carbocycles. The summed E-state index contributed by atoms with van der Waals surface area (Å²) in [4.78, 5) is 28.1. The number of carbonyl (C=O) groups is 2.